The minimum atomic E-state index is -5.06. The quantitative estimate of drug-likeness (QED) is 0.896. The summed E-state index contributed by atoms with van der Waals surface area (Å²) in [7, 11) is 0. The predicted molar refractivity (Wildman–Crippen MR) is 58.6 cm³/mol. The van der Waals surface area contributed by atoms with Gasteiger partial charge in [0.15, 0.2) is 0 Å². The highest BCUT2D eigenvalue weighted by molar-refractivity contribution is 9.11. The Morgan fingerprint density at radius 2 is 2.06 bits per heavy atom. The van der Waals surface area contributed by atoms with E-state index in [1.165, 1.54) is 6.07 Å². The number of aliphatic carboxylic acids is 1. The minimum Gasteiger partial charge on any atom is -0.550 e. The molecule has 0 bridgehead atoms. The molecule has 0 aliphatic rings. The third-order valence-corrected chi connectivity index (χ3v) is 3.61. The second-order valence-corrected chi connectivity index (χ2v) is 5.74. The van der Waals surface area contributed by atoms with Crippen LogP contribution in [0.15, 0.2) is 15.9 Å². The van der Waals surface area contributed by atoms with Crippen LogP contribution in [0.4, 0.5) is 13.2 Å². The fourth-order valence-corrected chi connectivity index (χ4v) is 2.62. The number of thiophene rings is 1. The van der Waals surface area contributed by atoms with Crippen molar-refractivity contribution in [1.29, 1.82) is 0 Å². The lowest BCUT2D eigenvalue weighted by Crippen LogP contribution is -2.41. The first-order valence-electron chi connectivity index (χ1n) is 4.53. The zero-order valence-corrected chi connectivity index (χ0v) is 11.0. The van der Waals surface area contributed by atoms with E-state index >= 15 is 0 Å². The van der Waals surface area contributed by atoms with E-state index in [2.05, 4.69) is 15.9 Å². The van der Waals surface area contributed by atoms with Gasteiger partial charge in [-0.2, -0.15) is 13.2 Å². The Balaban J connectivity index is 2.86. The summed E-state index contributed by atoms with van der Waals surface area (Å²) in [5.41, 5.74) is 0. The molecule has 1 rings (SSSR count). The molecular weight excluding hydrogens is 339 g/mol. The van der Waals surface area contributed by atoms with Crippen LogP contribution in [0.2, 0.25) is 0 Å². The molecule has 0 radical (unpaired) electrons. The van der Waals surface area contributed by atoms with Gasteiger partial charge in [-0.05, 0) is 28.1 Å². The number of hydrogen-bond acceptors (Lipinski definition) is 4. The Bertz CT molecular complexity index is 460. The molecular formula is C9H6BrF3NO3S-. The first-order chi connectivity index (χ1) is 8.20. The normalized spacial score (nSPS) is 13.1. The number of carbonyl (C=O) groups excluding carboxylic acids is 2. The van der Waals surface area contributed by atoms with Crippen LogP contribution in [0.1, 0.15) is 17.3 Å². The molecule has 0 spiro atoms. The van der Waals surface area contributed by atoms with Crippen LogP contribution < -0.4 is 10.4 Å². The van der Waals surface area contributed by atoms with Crippen LogP contribution in [-0.2, 0) is 9.59 Å². The van der Waals surface area contributed by atoms with Crippen molar-refractivity contribution in [3.8, 4) is 0 Å². The SMILES string of the molecule is O=C([O-])C[C@H](NC(=O)C(F)(F)F)c1ccc(Br)s1. The van der Waals surface area contributed by atoms with Crippen molar-refractivity contribution < 1.29 is 27.9 Å². The molecule has 1 atom stereocenters. The van der Waals surface area contributed by atoms with Gasteiger partial charge < -0.3 is 15.2 Å². The van der Waals surface area contributed by atoms with Crippen LogP contribution in [0, 0.1) is 0 Å². The Labute approximate surface area is 112 Å². The lowest BCUT2D eigenvalue weighted by Gasteiger charge is -2.18. The number of amides is 1. The van der Waals surface area contributed by atoms with Gasteiger partial charge in [-0.3, -0.25) is 4.79 Å². The molecule has 9 heteroatoms. The number of rotatable bonds is 4. The average molecular weight is 345 g/mol. The van der Waals surface area contributed by atoms with Gasteiger partial charge in [-0.15, -0.1) is 11.3 Å². The van der Waals surface area contributed by atoms with Crippen LogP contribution >= 0.6 is 27.3 Å². The van der Waals surface area contributed by atoms with Gasteiger partial charge in [0.05, 0.1) is 9.83 Å². The maximum Gasteiger partial charge on any atom is 0.471 e. The summed E-state index contributed by atoms with van der Waals surface area (Å²) in [5.74, 6) is -3.73. The molecule has 1 aromatic heterocycles. The van der Waals surface area contributed by atoms with E-state index in [1.807, 2.05) is 0 Å². The predicted octanol–water partition coefficient (Wildman–Crippen LogP) is 1.37. The standard InChI is InChI=1S/C9H7BrF3NO3S/c10-6-2-1-5(18-6)4(3-7(15)16)14-8(17)9(11,12)13/h1-2,4H,3H2,(H,14,17)(H,15,16)/p-1/t4-/m0/s1. The highest BCUT2D eigenvalue weighted by Crippen LogP contribution is 2.29. The molecule has 0 saturated heterocycles. The van der Waals surface area contributed by atoms with Crippen LogP contribution in [-0.4, -0.2) is 18.1 Å². The summed E-state index contributed by atoms with van der Waals surface area (Å²) in [6.45, 7) is 0. The summed E-state index contributed by atoms with van der Waals surface area (Å²) in [5, 5.41) is 12.1. The van der Waals surface area contributed by atoms with Gasteiger partial charge in [-0.1, -0.05) is 0 Å². The molecule has 18 heavy (non-hydrogen) atoms. The van der Waals surface area contributed by atoms with Gasteiger partial charge in [0.25, 0.3) is 0 Å². The Morgan fingerprint density at radius 1 is 1.44 bits per heavy atom. The summed E-state index contributed by atoms with van der Waals surface area (Å²) in [6.07, 6.45) is -5.78. The second-order valence-electron chi connectivity index (χ2n) is 3.24. The van der Waals surface area contributed by atoms with Crippen molar-refractivity contribution in [2.45, 2.75) is 18.6 Å². The van der Waals surface area contributed by atoms with Crippen LogP contribution in [0.5, 0.6) is 0 Å². The summed E-state index contributed by atoms with van der Waals surface area (Å²) in [6, 6.07) is 1.71. The number of alkyl halides is 3. The zero-order chi connectivity index (χ0) is 13.9. The van der Waals surface area contributed by atoms with Crippen LogP contribution in [0.25, 0.3) is 0 Å². The Morgan fingerprint density at radius 3 is 2.44 bits per heavy atom. The molecule has 1 heterocycles. The molecule has 0 saturated carbocycles. The van der Waals surface area contributed by atoms with Gasteiger partial charge in [0.2, 0.25) is 0 Å². The van der Waals surface area contributed by atoms with Crippen molar-refractivity contribution in [3.05, 3.63) is 20.8 Å². The smallest absolute Gasteiger partial charge is 0.471 e. The van der Waals surface area contributed by atoms with Crippen molar-refractivity contribution in [3.63, 3.8) is 0 Å². The second kappa shape index (κ2) is 5.70. The number of carboxylic acid groups (broad SMARTS) is 1. The largest absolute Gasteiger partial charge is 0.550 e. The molecule has 1 aromatic rings. The van der Waals surface area contributed by atoms with E-state index < -0.39 is 30.5 Å². The number of carboxylic acids is 1. The lowest BCUT2D eigenvalue weighted by molar-refractivity contribution is -0.306. The van der Waals surface area contributed by atoms with Crippen LogP contribution in [0.3, 0.4) is 0 Å². The van der Waals surface area contributed by atoms with Crippen molar-refractivity contribution >= 4 is 39.1 Å². The monoisotopic (exact) mass is 344 g/mol. The molecule has 0 unspecified atom stereocenters. The maximum absolute atomic E-state index is 12.1. The zero-order valence-electron chi connectivity index (χ0n) is 8.58. The summed E-state index contributed by atoms with van der Waals surface area (Å²) < 4.78 is 36.9. The molecule has 0 aromatic carbocycles. The fourth-order valence-electron chi connectivity index (χ4n) is 1.15. The van der Waals surface area contributed by atoms with Crippen molar-refractivity contribution in [2.24, 2.45) is 0 Å². The Hall–Kier alpha value is -1.09. The van der Waals surface area contributed by atoms with Gasteiger partial charge in [0.1, 0.15) is 0 Å². The highest BCUT2D eigenvalue weighted by Gasteiger charge is 2.40. The molecule has 4 nitrogen and oxygen atoms in total. The fraction of sp³-hybridized carbons (Fsp3) is 0.333. The van der Waals surface area contributed by atoms with Gasteiger partial charge in [0, 0.05) is 17.3 Å². The molecule has 1 N–H and O–H groups in total. The average Bonchev–Trinajstić information content (AvgIpc) is 2.61. The molecule has 100 valence electrons. The number of hydrogen-bond donors (Lipinski definition) is 1. The van der Waals surface area contributed by atoms with E-state index in [0.29, 0.717) is 8.66 Å². The molecule has 0 aliphatic heterocycles. The molecule has 0 aliphatic carbocycles. The molecule has 0 fully saturated rings. The first kappa shape index (κ1) is 15.0. The number of halogens is 4. The highest BCUT2D eigenvalue weighted by atomic mass is 79.9. The van der Waals surface area contributed by atoms with Crippen molar-refractivity contribution in [1.82, 2.24) is 5.32 Å². The minimum absolute atomic E-state index is 0.295. The number of carbonyl (C=O) groups is 2. The Kier molecular flexibility index (Phi) is 4.74. The van der Waals surface area contributed by atoms with E-state index in [0.717, 1.165) is 11.3 Å². The third-order valence-electron chi connectivity index (χ3n) is 1.87. The van der Waals surface area contributed by atoms with Gasteiger partial charge in [-0.25, -0.2) is 0 Å². The lowest BCUT2D eigenvalue weighted by atomic mass is 10.1. The van der Waals surface area contributed by atoms with E-state index in [-0.39, 0.29) is 0 Å². The summed E-state index contributed by atoms with van der Waals surface area (Å²) in [4.78, 5) is 21.5. The van der Waals surface area contributed by atoms with E-state index in [4.69, 9.17) is 0 Å². The van der Waals surface area contributed by atoms with E-state index in [1.54, 1.807) is 11.4 Å². The molecule has 1 amide bonds. The summed E-state index contributed by atoms with van der Waals surface area (Å²) >= 11 is 4.13. The maximum atomic E-state index is 12.1. The van der Waals surface area contributed by atoms with Crippen molar-refractivity contribution in [2.75, 3.05) is 0 Å². The van der Waals surface area contributed by atoms with E-state index in [9.17, 15) is 27.9 Å². The number of nitrogens with one attached hydrogen (secondary N) is 1. The topological polar surface area (TPSA) is 69.2 Å². The first-order valence-corrected chi connectivity index (χ1v) is 6.14. The third kappa shape index (κ3) is 4.30. The van der Waals surface area contributed by atoms with Gasteiger partial charge >= 0.3 is 12.1 Å².